The summed E-state index contributed by atoms with van der Waals surface area (Å²) >= 11 is 0. The van der Waals surface area contributed by atoms with Crippen LogP contribution >= 0.6 is 0 Å². The largest absolute Gasteiger partial charge is 0.507 e. The second-order valence-corrected chi connectivity index (χ2v) is 3.61. The van der Waals surface area contributed by atoms with Crippen LogP contribution in [0.25, 0.3) is 11.0 Å². The van der Waals surface area contributed by atoms with E-state index in [1.54, 1.807) is 17.8 Å². The van der Waals surface area contributed by atoms with Crippen molar-refractivity contribution in [3.63, 3.8) is 0 Å². The van der Waals surface area contributed by atoms with Gasteiger partial charge in [0.25, 0.3) is 0 Å². The van der Waals surface area contributed by atoms with Crippen LogP contribution in [0.2, 0.25) is 0 Å². The minimum Gasteiger partial charge on any atom is -0.507 e. The van der Waals surface area contributed by atoms with Crippen LogP contribution < -0.4 is 0 Å². The number of carbonyl (C=O) groups is 1. The average molecular weight is 220 g/mol. The number of carbonyl (C=O) groups excluding carboxylic acids is 1. The number of benzene rings is 1. The Morgan fingerprint density at radius 2 is 2.25 bits per heavy atom. The van der Waals surface area contributed by atoms with E-state index < -0.39 is 5.97 Å². The van der Waals surface area contributed by atoms with Crippen molar-refractivity contribution in [1.82, 2.24) is 9.55 Å². The monoisotopic (exact) mass is 220 g/mol. The molecule has 0 radical (unpaired) electrons. The fourth-order valence-electron chi connectivity index (χ4n) is 1.77. The van der Waals surface area contributed by atoms with Crippen molar-refractivity contribution in [2.75, 3.05) is 7.11 Å². The quantitative estimate of drug-likeness (QED) is 0.737. The van der Waals surface area contributed by atoms with Gasteiger partial charge in [-0.2, -0.15) is 0 Å². The van der Waals surface area contributed by atoms with Gasteiger partial charge in [0, 0.05) is 13.1 Å². The van der Waals surface area contributed by atoms with Crippen LogP contribution in [0.15, 0.2) is 12.4 Å². The molecule has 0 unspecified atom stereocenters. The standard InChI is InChI=1S/C11H12N2O3/c1-6-9(11(15)16-3)8(14)4-7-10(6)12-5-13(7)2/h4-5,14H,1-3H3. The van der Waals surface area contributed by atoms with Gasteiger partial charge >= 0.3 is 5.97 Å². The Hall–Kier alpha value is -2.04. The third kappa shape index (κ3) is 1.32. The molecule has 0 bridgehead atoms. The Morgan fingerprint density at radius 3 is 2.88 bits per heavy atom. The molecule has 0 spiro atoms. The molecule has 16 heavy (non-hydrogen) atoms. The van der Waals surface area contributed by atoms with Gasteiger partial charge in [0.05, 0.1) is 24.5 Å². The van der Waals surface area contributed by atoms with E-state index in [2.05, 4.69) is 9.72 Å². The summed E-state index contributed by atoms with van der Waals surface area (Å²) in [6.07, 6.45) is 1.64. The molecule has 0 saturated carbocycles. The maximum atomic E-state index is 11.5. The van der Waals surface area contributed by atoms with Gasteiger partial charge in [-0.05, 0) is 12.5 Å². The number of esters is 1. The maximum absolute atomic E-state index is 11.5. The van der Waals surface area contributed by atoms with E-state index in [0.717, 1.165) is 5.52 Å². The molecule has 0 atom stereocenters. The molecule has 0 saturated heterocycles. The second-order valence-electron chi connectivity index (χ2n) is 3.61. The summed E-state index contributed by atoms with van der Waals surface area (Å²) in [4.78, 5) is 15.7. The summed E-state index contributed by atoms with van der Waals surface area (Å²) in [5.41, 5.74) is 2.28. The van der Waals surface area contributed by atoms with Crippen LogP contribution in [0.1, 0.15) is 15.9 Å². The summed E-state index contributed by atoms with van der Waals surface area (Å²) in [7, 11) is 3.11. The van der Waals surface area contributed by atoms with Crippen molar-refractivity contribution in [1.29, 1.82) is 0 Å². The summed E-state index contributed by atoms with van der Waals surface area (Å²) < 4.78 is 6.40. The lowest BCUT2D eigenvalue weighted by atomic mass is 10.1. The Labute approximate surface area is 92.3 Å². The van der Waals surface area contributed by atoms with Gasteiger partial charge < -0.3 is 14.4 Å². The summed E-state index contributed by atoms with van der Waals surface area (Å²) in [6, 6.07) is 1.52. The molecule has 84 valence electrons. The fourth-order valence-corrected chi connectivity index (χ4v) is 1.77. The topological polar surface area (TPSA) is 64.3 Å². The highest BCUT2D eigenvalue weighted by molar-refractivity contribution is 5.99. The van der Waals surface area contributed by atoms with Crippen molar-refractivity contribution in [2.45, 2.75) is 6.92 Å². The Morgan fingerprint density at radius 1 is 1.56 bits per heavy atom. The van der Waals surface area contributed by atoms with Crippen molar-refractivity contribution < 1.29 is 14.6 Å². The third-order valence-electron chi connectivity index (χ3n) is 2.63. The molecule has 0 amide bonds. The summed E-state index contributed by atoms with van der Waals surface area (Å²) in [5.74, 6) is -0.636. The molecule has 2 aromatic rings. The number of imidazole rings is 1. The van der Waals surface area contributed by atoms with Crippen molar-refractivity contribution in [2.24, 2.45) is 7.05 Å². The van der Waals surface area contributed by atoms with Crippen LogP contribution in [-0.2, 0) is 11.8 Å². The molecular weight excluding hydrogens is 208 g/mol. The predicted octanol–water partition coefficient (Wildman–Crippen LogP) is 1.37. The second kappa shape index (κ2) is 3.52. The summed E-state index contributed by atoms with van der Waals surface area (Å²) in [6.45, 7) is 1.74. The molecular formula is C11H12N2O3. The zero-order chi connectivity index (χ0) is 11.9. The number of aromatic nitrogens is 2. The molecule has 5 nitrogen and oxygen atoms in total. The minimum absolute atomic E-state index is 0.0829. The highest BCUT2D eigenvalue weighted by Crippen LogP contribution is 2.29. The van der Waals surface area contributed by atoms with Gasteiger partial charge in [-0.15, -0.1) is 0 Å². The Balaban J connectivity index is 2.81. The Kier molecular flexibility index (Phi) is 2.30. The number of rotatable bonds is 1. The zero-order valence-corrected chi connectivity index (χ0v) is 9.31. The first-order valence-electron chi connectivity index (χ1n) is 4.78. The normalized spacial score (nSPS) is 10.7. The number of nitrogens with zero attached hydrogens (tertiary/aromatic N) is 2. The molecule has 0 aliphatic rings. The first-order valence-corrected chi connectivity index (χ1v) is 4.78. The van der Waals surface area contributed by atoms with Gasteiger partial charge in [0.2, 0.25) is 0 Å². The van der Waals surface area contributed by atoms with Gasteiger partial charge in [-0.1, -0.05) is 0 Å². The number of ether oxygens (including phenoxy) is 1. The number of phenols is 1. The molecule has 1 heterocycles. The maximum Gasteiger partial charge on any atom is 0.341 e. The predicted molar refractivity (Wildman–Crippen MR) is 58.5 cm³/mol. The number of aryl methyl sites for hydroxylation is 2. The number of aromatic hydroxyl groups is 1. The Bertz CT molecular complexity index is 572. The zero-order valence-electron chi connectivity index (χ0n) is 9.31. The van der Waals surface area contributed by atoms with E-state index in [1.807, 2.05) is 7.05 Å². The molecule has 0 fully saturated rings. The lowest BCUT2D eigenvalue weighted by Crippen LogP contribution is -2.05. The van der Waals surface area contributed by atoms with Gasteiger partial charge in [0.15, 0.2) is 0 Å². The minimum atomic E-state index is -0.553. The fraction of sp³-hybridized carbons (Fsp3) is 0.273. The number of phenolic OH excluding ortho intramolecular Hbond substituents is 1. The molecule has 5 heteroatoms. The van der Waals surface area contributed by atoms with Crippen LogP contribution in [0.5, 0.6) is 5.75 Å². The van der Waals surface area contributed by atoms with Crippen molar-refractivity contribution in [3.8, 4) is 5.75 Å². The lowest BCUT2D eigenvalue weighted by molar-refractivity contribution is 0.0597. The van der Waals surface area contributed by atoms with Gasteiger partial charge in [0.1, 0.15) is 11.3 Å². The van der Waals surface area contributed by atoms with Crippen LogP contribution in [0.4, 0.5) is 0 Å². The number of hydrogen-bond donors (Lipinski definition) is 1. The first kappa shape index (κ1) is 10.5. The molecule has 1 aromatic heterocycles. The van der Waals surface area contributed by atoms with E-state index in [9.17, 15) is 9.90 Å². The van der Waals surface area contributed by atoms with Crippen molar-refractivity contribution >= 4 is 17.0 Å². The number of hydrogen-bond acceptors (Lipinski definition) is 4. The third-order valence-corrected chi connectivity index (χ3v) is 2.63. The molecule has 0 aliphatic carbocycles. The van der Waals surface area contributed by atoms with Crippen LogP contribution in [-0.4, -0.2) is 27.7 Å². The van der Waals surface area contributed by atoms with E-state index in [-0.39, 0.29) is 11.3 Å². The van der Waals surface area contributed by atoms with E-state index in [0.29, 0.717) is 11.1 Å². The van der Waals surface area contributed by atoms with E-state index in [4.69, 9.17) is 0 Å². The van der Waals surface area contributed by atoms with Crippen molar-refractivity contribution in [3.05, 3.63) is 23.5 Å². The smallest absolute Gasteiger partial charge is 0.341 e. The number of fused-ring (bicyclic) bond motifs is 1. The average Bonchev–Trinajstić information content (AvgIpc) is 2.60. The molecule has 1 N–H and O–H groups in total. The summed E-state index contributed by atoms with van der Waals surface area (Å²) in [5, 5.41) is 9.79. The first-order chi connectivity index (χ1) is 7.56. The van der Waals surface area contributed by atoms with Crippen LogP contribution in [0, 0.1) is 6.92 Å². The van der Waals surface area contributed by atoms with Gasteiger partial charge in [-0.3, -0.25) is 0 Å². The molecule has 1 aromatic carbocycles. The number of methoxy groups -OCH3 is 1. The van der Waals surface area contributed by atoms with Crippen LogP contribution in [0.3, 0.4) is 0 Å². The van der Waals surface area contributed by atoms with E-state index in [1.165, 1.54) is 13.2 Å². The van der Waals surface area contributed by atoms with E-state index >= 15 is 0 Å². The molecule has 0 aliphatic heterocycles. The lowest BCUT2D eigenvalue weighted by Gasteiger charge is -2.07. The highest BCUT2D eigenvalue weighted by atomic mass is 16.5. The SMILES string of the molecule is COC(=O)c1c(O)cc2c(ncn2C)c1C. The van der Waals surface area contributed by atoms with Gasteiger partial charge in [-0.25, -0.2) is 9.78 Å². The molecule has 2 rings (SSSR count). The highest BCUT2D eigenvalue weighted by Gasteiger charge is 2.19.